The van der Waals surface area contributed by atoms with Gasteiger partial charge in [0.2, 0.25) is 5.91 Å². The Morgan fingerprint density at radius 1 is 1.50 bits per heavy atom. The zero-order valence-electron chi connectivity index (χ0n) is 15.7. The molecular formula is C19H28ClFN4O. The Labute approximate surface area is 159 Å². The average Bonchev–Trinajstić information content (AvgIpc) is 2.54. The highest BCUT2D eigenvalue weighted by Gasteiger charge is 2.27. The molecule has 144 valence electrons. The van der Waals surface area contributed by atoms with Gasteiger partial charge in [-0.25, -0.2) is 4.39 Å². The number of piperidine rings is 1. The van der Waals surface area contributed by atoms with Gasteiger partial charge in [-0.2, -0.15) is 0 Å². The van der Waals surface area contributed by atoms with E-state index in [1.165, 1.54) is 12.1 Å². The van der Waals surface area contributed by atoms with Crippen molar-refractivity contribution in [2.24, 2.45) is 16.6 Å². The summed E-state index contributed by atoms with van der Waals surface area (Å²) in [5, 5.41) is 3.82. The van der Waals surface area contributed by atoms with Crippen LogP contribution in [0.15, 0.2) is 23.2 Å². The van der Waals surface area contributed by atoms with Crippen LogP contribution in [-0.2, 0) is 10.2 Å². The number of hydrogen-bond donors (Lipinski definition) is 2. The van der Waals surface area contributed by atoms with Crippen molar-refractivity contribution >= 4 is 23.5 Å². The second kappa shape index (κ2) is 8.71. The maximum absolute atomic E-state index is 13.3. The van der Waals surface area contributed by atoms with E-state index in [1.807, 2.05) is 0 Å². The second-order valence-corrected chi connectivity index (χ2v) is 7.94. The highest BCUT2D eigenvalue weighted by Crippen LogP contribution is 2.30. The third kappa shape index (κ3) is 5.34. The highest BCUT2D eigenvalue weighted by molar-refractivity contribution is 6.31. The number of carbonyl (C=O) groups is 1. The molecule has 0 bridgehead atoms. The van der Waals surface area contributed by atoms with Gasteiger partial charge in [-0.15, -0.1) is 0 Å². The van der Waals surface area contributed by atoms with Crippen LogP contribution < -0.4 is 11.1 Å². The molecule has 1 amide bonds. The van der Waals surface area contributed by atoms with Crippen LogP contribution in [0.5, 0.6) is 0 Å². The summed E-state index contributed by atoms with van der Waals surface area (Å²) in [5.74, 6) is 0.462. The van der Waals surface area contributed by atoms with Gasteiger partial charge < -0.3 is 16.0 Å². The van der Waals surface area contributed by atoms with Gasteiger partial charge in [0.1, 0.15) is 5.82 Å². The summed E-state index contributed by atoms with van der Waals surface area (Å²) in [4.78, 5) is 17.7. The Morgan fingerprint density at radius 2 is 2.23 bits per heavy atom. The predicted octanol–water partition coefficient (Wildman–Crippen LogP) is 2.92. The molecule has 1 saturated heterocycles. The van der Waals surface area contributed by atoms with Gasteiger partial charge in [-0.3, -0.25) is 9.79 Å². The number of benzene rings is 1. The van der Waals surface area contributed by atoms with E-state index in [1.54, 1.807) is 13.1 Å². The third-order valence-corrected chi connectivity index (χ3v) is 5.18. The van der Waals surface area contributed by atoms with Crippen molar-refractivity contribution in [1.82, 2.24) is 10.2 Å². The van der Waals surface area contributed by atoms with Crippen LogP contribution in [0.3, 0.4) is 0 Å². The van der Waals surface area contributed by atoms with Crippen LogP contribution in [0.2, 0.25) is 5.02 Å². The number of nitrogens with one attached hydrogen (secondary N) is 1. The molecule has 7 heteroatoms. The summed E-state index contributed by atoms with van der Waals surface area (Å²) in [5.41, 5.74) is 5.92. The van der Waals surface area contributed by atoms with E-state index in [4.69, 9.17) is 17.3 Å². The molecule has 26 heavy (non-hydrogen) atoms. The number of halogens is 2. The first kappa shape index (κ1) is 20.5. The van der Waals surface area contributed by atoms with Crippen LogP contribution in [0.1, 0.15) is 38.7 Å². The fourth-order valence-electron chi connectivity index (χ4n) is 3.47. The number of hydrogen-bond acceptors (Lipinski definition) is 2. The normalized spacial score (nSPS) is 18.7. The number of primary amides is 1. The van der Waals surface area contributed by atoms with Crippen molar-refractivity contribution in [3.05, 3.63) is 34.6 Å². The van der Waals surface area contributed by atoms with Crippen LogP contribution in [0.4, 0.5) is 4.39 Å². The molecule has 0 aromatic heterocycles. The number of guanidine groups is 1. The van der Waals surface area contributed by atoms with E-state index in [-0.39, 0.29) is 23.1 Å². The standard InChI is InChI=1S/C19H28ClFN4O/c1-19(2,15-7-6-14(21)10-16(15)20)12-24-18(23-3)25-8-4-5-13(11-25)9-17(22)26/h6-7,10,13H,4-5,8-9,11-12H2,1-3H3,(H2,22,26)(H,23,24). The van der Waals surface area contributed by atoms with Crippen molar-refractivity contribution in [3.63, 3.8) is 0 Å². The minimum Gasteiger partial charge on any atom is -0.370 e. The molecule has 1 fully saturated rings. The lowest BCUT2D eigenvalue weighted by atomic mass is 9.84. The topological polar surface area (TPSA) is 70.7 Å². The molecule has 1 aliphatic rings. The van der Waals surface area contributed by atoms with Gasteiger partial charge in [-0.05, 0) is 36.5 Å². The number of nitrogens with zero attached hydrogens (tertiary/aromatic N) is 2. The first-order valence-corrected chi connectivity index (χ1v) is 9.30. The van der Waals surface area contributed by atoms with Crippen LogP contribution in [-0.4, -0.2) is 43.4 Å². The minimum atomic E-state index is -0.341. The Bertz CT molecular complexity index is 678. The van der Waals surface area contributed by atoms with Crippen molar-refractivity contribution < 1.29 is 9.18 Å². The molecule has 5 nitrogen and oxygen atoms in total. The lowest BCUT2D eigenvalue weighted by Crippen LogP contribution is -2.49. The van der Waals surface area contributed by atoms with Crippen molar-refractivity contribution in [2.75, 3.05) is 26.7 Å². The van der Waals surface area contributed by atoms with E-state index < -0.39 is 0 Å². The summed E-state index contributed by atoms with van der Waals surface area (Å²) < 4.78 is 13.3. The smallest absolute Gasteiger partial charge is 0.217 e. The van der Waals surface area contributed by atoms with Gasteiger partial charge in [0, 0.05) is 43.5 Å². The van der Waals surface area contributed by atoms with Crippen LogP contribution in [0, 0.1) is 11.7 Å². The van der Waals surface area contributed by atoms with Gasteiger partial charge in [0.15, 0.2) is 5.96 Å². The molecule has 1 aromatic carbocycles. The molecule has 0 spiro atoms. The zero-order valence-corrected chi connectivity index (χ0v) is 16.4. The van der Waals surface area contributed by atoms with Gasteiger partial charge in [0.05, 0.1) is 0 Å². The molecular weight excluding hydrogens is 355 g/mol. The molecule has 3 N–H and O–H groups in total. The van der Waals surface area contributed by atoms with Crippen LogP contribution in [0.25, 0.3) is 0 Å². The minimum absolute atomic E-state index is 0.258. The molecule has 1 heterocycles. The van der Waals surface area contributed by atoms with E-state index >= 15 is 0 Å². The lowest BCUT2D eigenvalue weighted by Gasteiger charge is -2.36. The number of amides is 1. The number of carbonyl (C=O) groups excluding carboxylic acids is 1. The number of aliphatic imine (C=N–C) groups is 1. The van der Waals surface area contributed by atoms with Gasteiger partial charge in [-0.1, -0.05) is 31.5 Å². The summed E-state index contributed by atoms with van der Waals surface area (Å²) in [7, 11) is 1.75. The average molecular weight is 383 g/mol. The first-order chi connectivity index (χ1) is 12.2. The summed E-state index contributed by atoms with van der Waals surface area (Å²) >= 11 is 6.23. The molecule has 1 atom stereocenters. The van der Waals surface area contributed by atoms with Crippen molar-refractivity contribution in [2.45, 2.75) is 38.5 Å². The fraction of sp³-hybridized carbons (Fsp3) is 0.579. The lowest BCUT2D eigenvalue weighted by molar-refractivity contribution is -0.119. The first-order valence-electron chi connectivity index (χ1n) is 8.92. The predicted molar refractivity (Wildman–Crippen MR) is 104 cm³/mol. The van der Waals surface area contributed by atoms with E-state index in [0.717, 1.165) is 37.5 Å². The second-order valence-electron chi connectivity index (χ2n) is 7.53. The van der Waals surface area contributed by atoms with Gasteiger partial charge in [0.25, 0.3) is 0 Å². The molecule has 0 aliphatic carbocycles. The summed E-state index contributed by atoms with van der Waals surface area (Å²) in [6.07, 6.45) is 2.42. The van der Waals surface area contributed by atoms with Crippen molar-refractivity contribution in [3.8, 4) is 0 Å². The monoisotopic (exact) mass is 382 g/mol. The number of likely N-dealkylation sites (tertiary alicyclic amines) is 1. The quantitative estimate of drug-likeness (QED) is 0.607. The van der Waals surface area contributed by atoms with E-state index in [2.05, 4.69) is 29.1 Å². The Hall–Kier alpha value is -1.82. The molecule has 2 rings (SSSR count). The maximum Gasteiger partial charge on any atom is 0.217 e. The SMILES string of the molecule is CN=C(NCC(C)(C)c1ccc(F)cc1Cl)N1CCCC(CC(N)=O)C1. The Morgan fingerprint density at radius 3 is 2.85 bits per heavy atom. The molecule has 0 saturated carbocycles. The Balaban J connectivity index is 2.02. The fourth-order valence-corrected chi connectivity index (χ4v) is 3.90. The Kier molecular flexibility index (Phi) is 6.87. The largest absolute Gasteiger partial charge is 0.370 e. The molecule has 1 aromatic rings. The van der Waals surface area contributed by atoms with Crippen molar-refractivity contribution in [1.29, 1.82) is 0 Å². The molecule has 1 unspecified atom stereocenters. The summed E-state index contributed by atoms with van der Waals surface area (Å²) in [6, 6.07) is 4.50. The number of nitrogens with two attached hydrogens (primary N) is 1. The van der Waals surface area contributed by atoms with E-state index in [9.17, 15) is 9.18 Å². The highest BCUT2D eigenvalue weighted by atomic mass is 35.5. The third-order valence-electron chi connectivity index (χ3n) is 4.87. The molecule has 0 radical (unpaired) electrons. The zero-order chi connectivity index (χ0) is 19.3. The maximum atomic E-state index is 13.3. The number of rotatable bonds is 5. The van der Waals surface area contributed by atoms with Crippen LogP contribution >= 0.6 is 11.6 Å². The molecule has 1 aliphatic heterocycles. The van der Waals surface area contributed by atoms with Gasteiger partial charge >= 0.3 is 0 Å². The van der Waals surface area contributed by atoms with E-state index in [0.29, 0.717) is 18.0 Å². The summed E-state index contributed by atoms with van der Waals surface area (Å²) in [6.45, 7) is 6.37.